The molecule has 1 unspecified atom stereocenters. The van der Waals surface area contributed by atoms with Crippen molar-refractivity contribution in [2.24, 2.45) is 5.41 Å². The molecular weight excluding hydrogens is 278 g/mol. The van der Waals surface area contributed by atoms with Gasteiger partial charge in [-0.15, -0.1) is 0 Å². The van der Waals surface area contributed by atoms with Gasteiger partial charge in [0.2, 0.25) is 5.91 Å². The van der Waals surface area contributed by atoms with Crippen LogP contribution in [0.25, 0.3) is 0 Å². The summed E-state index contributed by atoms with van der Waals surface area (Å²) < 4.78 is 0. The average molecular weight is 299 g/mol. The van der Waals surface area contributed by atoms with E-state index in [-0.39, 0.29) is 13.1 Å². The van der Waals surface area contributed by atoms with Gasteiger partial charge in [-0.3, -0.25) is 19.7 Å². The van der Waals surface area contributed by atoms with Gasteiger partial charge in [0.05, 0.1) is 5.41 Å². The molecule has 0 spiro atoms. The lowest BCUT2D eigenvalue weighted by molar-refractivity contribution is -0.148. The Balaban J connectivity index is 2.81. The van der Waals surface area contributed by atoms with Crippen molar-refractivity contribution in [1.29, 1.82) is 0 Å². The number of rotatable bonds is 4. The van der Waals surface area contributed by atoms with E-state index in [9.17, 15) is 19.2 Å². The molecule has 4 amide bonds. The fourth-order valence-electron chi connectivity index (χ4n) is 1.83. The zero-order valence-electron chi connectivity index (χ0n) is 12.6. The summed E-state index contributed by atoms with van der Waals surface area (Å²) in [5.41, 5.74) is -2.27. The summed E-state index contributed by atoms with van der Waals surface area (Å²) in [5, 5.41) is 13.8. The van der Waals surface area contributed by atoms with Gasteiger partial charge in [0, 0.05) is 6.54 Å². The van der Waals surface area contributed by atoms with Crippen LogP contribution in [0.15, 0.2) is 0 Å². The molecule has 0 saturated carbocycles. The number of urea groups is 1. The average Bonchev–Trinajstić information content (AvgIpc) is 2.39. The molecule has 1 aliphatic rings. The van der Waals surface area contributed by atoms with E-state index in [2.05, 4.69) is 10.6 Å². The van der Waals surface area contributed by atoms with Crippen LogP contribution in [0.5, 0.6) is 0 Å². The summed E-state index contributed by atoms with van der Waals surface area (Å²) in [6.45, 7) is 5.94. The highest BCUT2D eigenvalue weighted by Gasteiger charge is 2.44. The first-order chi connectivity index (χ1) is 9.54. The van der Waals surface area contributed by atoms with E-state index < -0.39 is 34.8 Å². The van der Waals surface area contributed by atoms with E-state index in [4.69, 9.17) is 5.11 Å². The van der Waals surface area contributed by atoms with Crippen LogP contribution in [0.1, 0.15) is 34.1 Å². The van der Waals surface area contributed by atoms with E-state index in [1.54, 1.807) is 6.92 Å². The molecule has 8 nitrogen and oxygen atoms in total. The highest BCUT2D eigenvalue weighted by Crippen LogP contribution is 2.21. The molecule has 1 atom stereocenters. The number of hydrogen-bond acceptors (Lipinski definition) is 4. The second kappa shape index (κ2) is 5.71. The second-order valence-corrected chi connectivity index (χ2v) is 5.90. The number of nitrogens with one attached hydrogen (secondary N) is 2. The Morgan fingerprint density at radius 3 is 2.48 bits per heavy atom. The summed E-state index contributed by atoms with van der Waals surface area (Å²) in [6, 6.07) is -0.635. The fraction of sp³-hybridized carbons (Fsp3) is 0.692. The minimum Gasteiger partial charge on any atom is -0.481 e. The number of carboxylic acid groups (broad SMARTS) is 1. The third-order valence-corrected chi connectivity index (χ3v) is 3.96. The van der Waals surface area contributed by atoms with Crippen molar-refractivity contribution < 1.29 is 24.3 Å². The van der Waals surface area contributed by atoms with Crippen molar-refractivity contribution in [3.63, 3.8) is 0 Å². The van der Waals surface area contributed by atoms with Gasteiger partial charge in [0.15, 0.2) is 0 Å². The van der Waals surface area contributed by atoms with E-state index in [0.717, 1.165) is 4.90 Å². The topological polar surface area (TPSA) is 116 Å². The van der Waals surface area contributed by atoms with E-state index >= 15 is 0 Å². The lowest BCUT2D eigenvalue weighted by atomic mass is 9.88. The smallest absolute Gasteiger partial charge is 0.318 e. The van der Waals surface area contributed by atoms with Gasteiger partial charge in [-0.25, -0.2) is 4.79 Å². The van der Waals surface area contributed by atoms with Gasteiger partial charge in [-0.05, 0) is 27.2 Å². The molecule has 0 bridgehead atoms. The van der Waals surface area contributed by atoms with Crippen LogP contribution in [0, 0.1) is 5.41 Å². The van der Waals surface area contributed by atoms with Gasteiger partial charge in [-0.2, -0.15) is 0 Å². The van der Waals surface area contributed by atoms with Crippen LogP contribution in [0.2, 0.25) is 0 Å². The van der Waals surface area contributed by atoms with Gasteiger partial charge in [0.25, 0.3) is 5.91 Å². The molecule has 8 heteroatoms. The first-order valence-corrected chi connectivity index (χ1v) is 6.67. The predicted octanol–water partition coefficient (Wildman–Crippen LogP) is -0.0661. The van der Waals surface area contributed by atoms with Gasteiger partial charge in [0.1, 0.15) is 12.1 Å². The number of carbonyl (C=O) groups excluding carboxylic acids is 3. The second-order valence-electron chi connectivity index (χ2n) is 5.90. The van der Waals surface area contributed by atoms with E-state index in [0.29, 0.717) is 6.42 Å². The fourth-order valence-corrected chi connectivity index (χ4v) is 1.83. The van der Waals surface area contributed by atoms with Crippen molar-refractivity contribution in [2.45, 2.75) is 39.7 Å². The third kappa shape index (κ3) is 3.32. The van der Waals surface area contributed by atoms with Gasteiger partial charge in [-0.1, -0.05) is 6.92 Å². The molecule has 0 aromatic heterocycles. The first-order valence-electron chi connectivity index (χ1n) is 6.67. The number of nitrogens with zero attached hydrogens (tertiary/aromatic N) is 1. The minimum atomic E-state index is -1.18. The number of aliphatic carboxylic acids is 1. The number of piperazine rings is 1. The highest BCUT2D eigenvalue weighted by atomic mass is 16.4. The van der Waals surface area contributed by atoms with Crippen LogP contribution in [0.3, 0.4) is 0 Å². The lowest BCUT2D eigenvalue weighted by Crippen LogP contribution is -2.67. The maximum Gasteiger partial charge on any atom is 0.318 e. The maximum absolute atomic E-state index is 12.2. The molecule has 1 fully saturated rings. The van der Waals surface area contributed by atoms with Crippen LogP contribution in [-0.2, 0) is 14.4 Å². The Bertz CT molecular complexity index is 488. The van der Waals surface area contributed by atoms with Crippen molar-refractivity contribution in [3.05, 3.63) is 0 Å². The van der Waals surface area contributed by atoms with Gasteiger partial charge >= 0.3 is 12.0 Å². The Hall–Kier alpha value is -2.12. The van der Waals surface area contributed by atoms with Crippen molar-refractivity contribution in [3.8, 4) is 0 Å². The summed E-state index contributed by atoms with van der Waals surface area (Å²) in [6.07, 6.45) is 0.339. The lowest BCUT2D eigenvalue weighted by Gasteiger charge is -2.40. The molecule has 1 aliphatic heterocycles. The van der Waals surface area contributed by atoms with Crippen molar-refractivity contribution in [2.75, 3.05) is 13.1 Å². The molecule has 1 rings (SSSR count). The van der Waals surface area contributed by atoms with Crippen molar-refractivity contribution in [1.82, 2.24) is 15.5 Å². The standard InChI is InChI=1S/C13H21N3O5/c1-5-13(4,10(19)20)7-14-11(21)16-6-8(17)15-9(18)12(16,2)3/h5-7H2,1-4H3,(H,14,21)(H,19,20)(H,15,17,18). The molecule has 1 heterocycles. The molecule has 3 N–H and O–H groups in total. The molecule has 1 saturated heterocycles. The Labute approximate surface area is 122 Å². The minimum absolute atomic E-state index is 0.0833. The zero-order chi connectivity index (χ0) is 16.4. The van der Waals surface area contributed by atoms with E-state index in [1.807, 2.05) is 0 Å². The Morgan fingerprint density at radius 1 is 1.43 bits per heavy atom. The number of hydrogen-bond donors (Lipinski definition) is 3. The number of imide groups is 1. The zero-order valence-corrected chi connectivity index (χ0v) is 12.6. The van der Waals surface area contributed by atoms with Crippen LogP contribution in [0.4, 0.5) is 4.79 Å². The molecule has 0 radical (unpaired) electrons. The highest BCUT2D eigenvalue weighted by molar-refractivity contribution is 6.06. The molecule has 0 aromatic carbocycles. The van der Waals surface area contributed by atoms with E-state index in [1.165, 1.54) is 20.8 Å². The van der Waals surface area contributed by atoms with Crippen LogP contribution < -0.4 is 10.6 Å². The molecule has 0 aromatic rings. The summed E-state index contributed by atoms with van der Waals surface area (Å²) >= 11 is 0. The maximum atomic E-state index is 12.2. The summed E-state index contributed by atoms with van der Waals surface area (Å²) in [7, 11) is 0. The van der Waals surface area contributed by atoms with Crippen LogP contribution >= 0.6 is 0 Å². The molecule has 21 heavy (non-hydrogen) atoms. The first kappa shape index (κ1) is 16.9. The molecule has 0 aliphatic carbocycles. The third-order valence-electron chi connectivity index (χ3n) is 3.96. The monoisotopic (exact) mass is 299 g/mol. The number of amides is 4. The van der Waals surface area contributed by atoms with Crippen molar-refractivity contribution >= 4 is 23.8 Å². The number of carboxylic acids is 1. The summed E-state index contributed by atoms with van der Waals surface area (Å²) in [4.78, 5) is 47.6. The SMILES string of the molecule is CCC(C)(CNC(=O)N1CC(=O)NC(=O)C1(C)C)C(=O)O. The van der Waals surface area contributed by atoms with Gasteiger partial charge < -0.3 is 15.3 Å². The summed E-state index contributed by atoms with van der Waals surface area (Å²) in [5.74, 6) is -2.15. The quantitative estimate of drug-likeness (QED) is 0.629. The Morgan fingerprint density at radius 2 is 2.00 bits per heavy atom. The molecular formula is C13H21N3O5. The Kier molecular flexibility index (Phi) is 4.60. The normalized spacial score (nSPS) is 20.5. The predicted molar refractivity (Wildman–Crippen MR) is 73.4 cm³/mol. The molecule has 118 valence electrons. The number of carbonyl (C=O) groups is 4. The van der Waals surface area contributed by atoms with Crippen LogP contribution in [-0.4, -0.2) is 52.4 Å². The largest absolute Gasteiger partial charge is 0.481 e.